The second kappa shape index (κ2) is 10.7. The third kappa shape index (κ3) is 6.23. The van der Waals surface area contributed by atoms with Crippen LogP contribution in [0.4, 0.5) is 4.79 Å². The number of urea groups is 1. The Hall–Kier alpha value is -3.04. The molecule has 0 atom stereocenters. The number of thioether (sulfide) groups is 1. The number of hydrogen-bond acceptors (Lipinski definition) is 6. The Kier molecular flexibility index (Phi) is 7.69. The maximum atomic E-state index is 11.9. The van der Waals surface area contributed by atoms with Gasteiger partial charge < -0.3 is 10.1 Å². The van der Waals surface area contributed by atoms with Crippen LogP contribution in [0.15, 0.2) is 59.8 Å². The van der Waals surface area contributed by atoms with Crippen LogP contribution < -0.4 is 15.4 Å². The fourth-order valence-corrected chi connectivity index (χ4v) is 3.37. The van der Waals surface area contributed by atoms with Crippen molar-refractivity contribution in [3.05, 3.63) is 71.0 Å². The van der Waals surface area contributed by atoms with Gasteiger partial charge in [-0.3, -0.25) is 14.7 Å². The average Bonchev–Trinajstić information content (AvgIpc) is 3.14. The lowest BCUT2D eigenvalue weighted by molar-refractivity contribution is -0.117. The molecule has 0 radical (unpaired) electrons. The van der Waals surface area contributed by atoms with Crippen molar-refractivity contribution in [2.45, 2.75) is 18.3 Å². The molecule has 0 fully saturated rings. The first-order valence-electron chi connectivity index (χ1n) is 9.04. The lowest BCUT2D eigenvalue weighted by Gasteiger charge is -2.11. The monoisotopic (exact) mass is 445 g/mol. The molecule has 10 heteroatoms. The van der Waals surface area contributed by atoms with Gasteiger partial charge in [0.1, 0.15) is 12.4 Å². The van der Waals surface area contributed by atoms with E-state index in [9.17, 15) is 9.59 Å². The van der Waals surface area contributed by atoms with Crippen molar-refractivity contribution in [1.29, 1.82) is 0 Å². The lowest BCUT2D eigenvalue weighted by Crippen LogP contribution is -2.38. The van der Waals surface area contributed by atoms with E-state index in [0.717, 1.165) is 5.56 Å². The molecule has 1 aromatic heterocycles. The molecule has 2 N–H and O–H groups in total. The Morgan fingerprint density at radius 1 is 1.10 bits per heavy atom. The van der Waals surface area contributed by atoms with Gasteiger partial charge in [-0.2, -0.15) is 0 Å². The molecule has 0 unspecified atom stereocenters. The van der Waals surface area contributed by atoms with Crippen LogP contribution in [0.2, 0.25) is 5.02 Å². The number of carbonyl (C=O) groups excluding carboxylic acids is 2. The quantitative estimate of drug-likeness (QED) is 0.517. The van der Waals surface area contributed by atoms with Crippen LogP contribution in [-0.4, -0.2) is 39.5 Å². The molecule has 0 bridgehead atoms. The van der Waals surface area contributed by atoms with E-state index in [1.165, 1.54) is 18.8 Å². The van der Waals surface area contributed by atoms with E-state index in [2.05, 4.69) is 20.8 Å². The van der Waals surface area contributed by atoms with Gasteiger partial charge in [0.25, 0.3) is 0 Å². The fraction of sp³-hybridized carbons (Fsp3) is 0.200. The Bertz CT molecular complexity index is 995. The number of carbonyl (C=O) groups is 2. The predicted molar refractivity (Wildman–Crippen MR) is 115 cm³/mol. The molecule has 0 saturated carbocycles. The van der Waals surface area contributed by atoms with Crippen molar-refractivity contribution in [2.24, 2.45) is 0 Å². The summed E-state index contributed by atoms with van der Waals surface area (Å²) in [5, 5.41) is 14.2. The van der Waals surface area contributed by atoms with Crippen molar-refractivity contribution >= 4 is 35.3 Å². The fourth-order valence-electron chi connectivity index (χ4n) is 2.49. The van der Waals surface area contributed by atoms with Gasteiger partial charge >= 0.3 is 6.03 Å². The minimum atomic E-state index is -0.552. The summed E-state index contributed by atoms with van der Waals surface area (Å²) in [6.45, 7) is 0.721. The smallest absolute Gasteiger partial charge is 0.321 e. The number of nitrogens with zero attached hydrogens (tertiary/aromatic N) is 3. The van der Waals surface area contributed by atoms with E-state index in [1.54, 1.807) is 24.3 Å². The average molecular weight is 446 g/mol. The van der Waals surface area contributed by atoms with E-state index in [1.807, 2.05) is 34.9 Å². The van der Waals surface area contributed by atoms with Crippen molar-refractivity contribution in [3.63, 3.8) is 0 Å². The topological polar surface area (TPSA) is 98.1 Å². The van der Waals surface area contributed by atoms with Gasteiger partial charge in [0.05, 0.1) is 12.3 Å². The number of hydrogen-bond donors (Lipinski definition) is 2. The molecule has 0 aliphatic heterocycles. The summed E-state index contributed by atoms with van der Waals surface area (Å²) < 4.78 is 7.70. The van der Waals surface area contributed by atoms with Crippen molar-refractivity contribution < 1.29 is 14.3 Å². The highest BCUT2D eigenvalue weighted by molar-refractivity contribution is 7.99. The highest BCUT2D eigenvalue weighted by Gasteiger charge is 2.16. The number of aromatic nitrogens is 3. The van der Waals surface area contributed by atoms with Crippen LogP contribution >= 0.6 is 23.4 Å². The van der Waals surface area contributed by atoms with Crippen LogP contribution in [0.5, 0.6) is 5.75 Å². The standard InChI is InChI=1S/C20H20ClN5O3S/c1-22-19(28)23-18(27)13-30-20-25-24-17(12-29-16-9-7-15(21)8-10-16)26(20)11-14-5-3-2-4-6-14/h2-10H,11-13H2,1H3,(H2,22,23,27,28). The number of halogens is 1. The van der Waals surface area contributed by atoms with E-state index in [0.29, 0.717) is 28.3 Å². The van der Waals surface area contributed by atoms with Crippen LogP contribution in [0, 0.1) is 0 Å². The number of amides is 3. The molecule has 3 rings (SSSR count). The zero-order valence-electron chi connectivity index (χ0n) is 16.2. The predicted octanol–water partition coefficient (Wildman–Crippen LogP) is 3.11. The third-order valence-corrected chi connectivity index (χ3v) is 5.19. The van der Waals surface area contributed by atoms with Crippen LogP contribution in [0.25, 0.3) is 0 Å². The molecule has 2 aromatic carbocycles. The molecule has 0 aliphatic rings. The second-order valence-corrected chi connectivity index (χ2v) is 7.51. The van der Waals surface area contributed by atoms with Crippen molar-refractivity contribution in [1.82, 2.24) is 25.4 Å². The van der Waals surface area contributed by atoms with Gasteiger partial charge in [0.2, 0.25) is 5.91 Å². The highest BCUT2D eigenvalue weighted by atomic mass is 35.5. The van der Waals surface area contributed by atoms with E-state index >= 15 is 0 Å². The molecule has 8 nitrogen and oxygen atoms in total. The van der Waals surface area contributed by atoms with Gasteiger partial charge in [-0.25, -0.2) is 4.79 Å². The number of benzene rings is 2. The maximum absolute atomic E-state index is 11.9. The van der Waals surface area contributed by atoms with Gasteiger partial charge in [0, 0.05) is 12.1 Å². The molecule has 0 aliphatic carbocycles. The number of ether oxygens (including phenoxy) is 1. The largest absolute Gasteiger partial charge is 0.486 e. The first-order valence-corrected chi connectivity index (χ1v) is 10.4. The van der Waals surface area contributed by atoms with E-state index in [-0.39, 0.29) is 12.4 Å². The second-order valence-electron chi connectivity index (χ2n) is 6.13. The Morgan fingerprint density at radius 3 is 2.53 bits per heavy atom. The molecule has 3 amide bonds. The number of imide groups is 1. The third-order valence-electron chi connectivity index (χ3n) is 3.97. The molecule has 156 valence electrons. The Balaban J connectivity index is 1.73. The van der Waals surface area contributed by atoms with E-state index < -0.39 is 11.9 Å². The zero-order valence-corrected chi connectivity index (χ0v) is 17.7. The molecule has 3 aromatic rings. The van der Waals surface area contributed by atoms with Crippen LogP contribution in [0.3, 0.4) is 0 Å². The van der Waals surface area contributed by atoms with Crippen LogP contribution in [0.1, 0.15) is 11.4 Å². The molecular formula is C20H20ClN5O3S. The summed E-state index contributed by atoms with van der Waals surface area (Å²) in [6.07, 6.45) is 0. The van der Waals surface area contributed by atoms with Gasteiger partial charge in [0.15, 0.2) is 11.0 Å². The highest BCUT2D eigenvalue weighted by Crippen LogP contribution is 2.21. The summed E-state index contributed by atoms with van der Waals surface area (Å²) in [5.74, 6) is 0.877. The number of nitrogens with one attached hydrogen (secondary N) is 2. The first-order chi connectivity index (χ1) is 14.5. The van der Waals surface area contributed by atoms with Crippen LogP contribution in [-0.2, 0) is 17.9 Å². The summed E-state index contributed by atoms with van der Waals surface area (Å²) in [7, 11) is 1.44. The summed E-state index contributed by atoms with van der Waals surface area (Å²) in [4.78, 5) is 23.2. The van der Waals surface area contributed by atoms with Gasteiger partial charge in [-0.15, -0.1) is 10.2 Å². The van der Waals surface area contributed by atoms with Crippen molar-refractivity contribution in [3.8, 4) is 5.75 Å². The van der Waals surface area contributed by atoms with Crippen molar-refractivity contribution in [2.75, 3.05) is 12.8 Å². The SMILES string of the molecule is CNC(=O)NC(=O)CSc1nnc(COc2ccc(Cl)cc2)n1Cc1ccccc1. The summed E-state index contributed by atoms with van der Waals surface area (Å²) >= 11 is 7.10. The Morgan fingerprint density at radius 2 is 1.83 bits per heavy atom. The maximum Gasteiger partial charge on any atom is 0.321 e. The molecule has 30 heavy (non-hydrogen) atoms. The van der Waals surface area contributed by atoms with Gasteiger partial charge in [-0.05, 0) is 29.8 Å². The molecule has 1 heterocycles. The minimum absolute atomic E-state index is 0.0262. The summed E-state index contributed by atoms with van der Waals surface area (Å²) in [5.41, 5.74) is 1.06. The first kappa shape index (κ1) is 21.7. The van der Waals surface area contributed by atoms with Gasteiger partial charge in [-0.1, -0.05) is 53.7 Å². The molecule has 0 spiro atoms. The minimum Gasteiger partial charge on any atom is -0.486 e. The normalized spacial score (nSPS) is 10.5. The molecule has 0 saturated heterocycles. The molecular weight excluding hydrogens is 426 g/mol. The zero-order chi connectivity index (χ0) is 21.3. The Labute approximate surface area is 183 Å². The summed E-state index contributed by atoms with van der Waals surface area (Å²) in [6, 6.07) is 16.3. The van der Waals surface area contributed by atoms with E-state index in [4.69, 9.17) is 16.3 Å². The lowest BCUT2D eigenvalue weighted by atomic mass is 10.2. The number of rotatable bonds is 8.